The Morgan fingerprint density at radius 3 is 1.95 bits per heavy atom. The normalized spacial score (nSPS) is 16.9. The molecule has 3 aliphatic heterocycles. The Kier molecular flexibility index (Phi) is 30.0. The average molecular weight is 1510 g/mol. The lowest BCUT2D eigenvalue weighted by atomic mass is 9.98. The number of rotatable bonds is 40. The van der Waals surface area contributed by atoms with Gasteiger partial charge in [0.1, 0.15) is 24.7 Å². The molecule has 0 radical (unpaired) electrons. The lowest BCUT2D eigenvalue weighted by Crippen LogP contribution is -2.56. The van der Waals surface area contributed by atoms with Crippen molar-refractivity contribution in [3.63, 3.8) is 0 Å². The van der Waals surface area contributed by atoms with Gasteiger partial charge in [0.25, 0.3) is 0 Å². The van der Waals surface area contributed by atoms with Crippen LogP contribution in [0.4, 0.5) is 14.5 Å². The van der Waals surface area contributed by atoms with Gasteiger partial charge in [0.2, 0.25) is 54.9 Å². The number of piperidine rings is 1. The summed E-state index contributed by atoms with van der Waals surface area (Å²) in [5.74, 6) is -5.07. The summed E-state index contributed by atoms with van der Waals surface area (Å²) in [6.45, 7) is 13.0. The summed E-state index contributed by atoms with van der Waals surface area (Å²) < 4.78 is 97.9. The number of esters is 2. The minimum absolute atomic E-state index is 0.0719. The smallest absolute Gasteiger partial charge is 0.410 e. The molecule has 31 heteroatoms. The molecule has 0 spiro atoms. The second-order valence-corrected chi connectivity index (χ2v) is 30.7. The molecular formula is C76H99F2N8O20P. The van der Waals surface area contributed by atoms with Crippen molar-refractivity contribution in [2.24, 2.45) is 23.6 Å². The molecule has 4 aromatic carbocycles. The highest BCUT2D eigenvalue weighted by atomic mass is 31.2. The minimum Gasteiger partial charge on any atom is -0.438 e. The number of aryl methyl sites for hydroxylation is 4. The maximum Gasteiger partial charge on any atom is 0.410 e. The molecule has 1 unspecified atom stereocenters. The fourth-order valence-electron chi connectivity index (χ4n) is 12.2. The van der Waals surface area contributed by atoms with Crippen LogP contribution in [0.2, 0.25) is 0 Å². The van der Waals surface area contributed by atoms with Gasteiger partial charge >= 0.3 is 30.9 Å². The minimum atomic E-state index is -5.61. The number of nitrogens with one attached hydrogen (secondary N) is 4. The summed E-state index contributed by atoms with van der Waals surface area (Å²) in [4.78, 5) is 131. The van der Waals surface area contributed by atoms with Gasteiger partial charge in [0.15, 0.2) is 0 Å². The van der Waals surface area contributed by atoms with E-state index in [1.165, 1.54) is 80.7 Å². The molecule has 582 valence electrons. The van der Waals surface area contributed by atoms with Gasteiger partial charge in [-0.25, -0.2) is 4.79 Å². The number of aromatic nitrogens is 2. The Bertz CT molecular complexity index is 4090. The standard InChI is InChI=1S/C76H99F2N8O20P/c1-48(53-22-25-56(26-23-53)76(77,78)107(97,105-46-103-71(94)74(3,4)5)106-47-104-72(95)75(6,7)8)41-65(89)81-58-27-24-54-15-10-16-55-43-62(86(67(54)55)70(58)93)69(92)82-57(28-31-63(79)87)49(2)102-44-52-19-17-50(18-20-52)13-11-33-80-66(90)45-101-40-39-100-38-37-99-36-35-98-34-12-14-51-21-29-59-61(42-51)84(9)73(96)85(59)60-30-32-64(88)83-68(60)91/h10,15-23,25-26,29,41-42,49,57-58,60,62H,11-14,24,27-28,30-40,43-47H2,1-9H3,(H2,79,87)(H,80,90)(H,81,89)(H,82,92)(H,83,88,91)/b48-41+/t49-,57+,58+,60?,62+/m1/s1. The van der Waals surface area contributed by atoms with Crippen molar-refractivity contribution in [3.8, 4) is 0 Å². The zero-order chi connectivity index (χ0) is 77.8. The number of ether oxygens (including phenoxy) is 7. The lowest BCUT2D eigenvalue weighted by Gasteiger charge is -2.31. The van der Waals surface area contributed by atoms with Crippen LogP contribution in [0, 0.1) is 10.8 Å². The molecule has 1 fully saturated rings. The molecule has 107 heavy (non-hydrogen) atoms. The van der Waals surface area contributed by atoms with Crippen molar-refractivity contribution in [2.75, 3.05) is 77.9 Å². The molecule has 4 heterocycles. The maximum atomic E-state index is 16.3. The van der Waals surface area contributed by atoms with Gasteiger partial charge in [-0.2, -0.15) is 8.78 Å². The summed E-state index contributed by atoms with van der Waals surface area (Å²) in [5.41, 5.74) is 4.89. The number of imidazole rings is 1. The highest BCUT2D eigenvalue weighted by Crippen LogP contribution is 2.67. The van der Waals surface area contributed by atoms with E-state index in [1.807, 2.05) is 60.7 Å². The van der Waals surface area contributed by atoms with E-state index >= 15 is 8.78 Å². The zero-order valence-electron chi connectivity index (χ0n) is 62.1. The van der Waals surface area contributed by atoms with Crippen molar-refractivity contribution in [3.05, 3.63) is 140 Å². The molecule has 28 nitrogen and oxygen atoms in total. The highest BCUT2D eigenvalue weighted by molar-refractivity contribution is 7.54. The molecule has 8 rings (SSSR count). The first-order valence-electron chi connectivity index (χ1n) is 35.8. The van der Waals surface area contributed by atoms with E-state index in [-0.39, 0.29) is 93.6 Å². The first-order valence-corrected chi connectivity index (χ1v) is 37.3. The molecule has 3 aliphatic rings. The number of para-hydroxylation sites is 1. The first-order chi connectivity index (χ1) is 50.8. The maximum absolute atomic E-state index is 16.3. The van der Waals surface area contributed by atoms with Crippen molar-refractivity contribution >= 4 is 83.2 Å². The van der Waals surface area contributed by atoms with Crippen LogP contribution in [0.25, 0.3) is 16.6 Å². The molecule has 0 aliphatic carbocycles. The highest BCUT2D eigenvalue weighted by Gasteiger charge is 2.56. The molecule has 1 aromatic heterocycles. The van der Waals surface area contributed by atoms with Crippen LogP contribution in [0.1, 0.15) is 145 Å². The number of imide groups is 1. The van der Waals surface area contributed by atoms with Gasteiger partial charge in [-0.05, 0) is 158 Å². The van der Waals surface area contributed by atoms with Gasteiger partial charge in [0.05, 0.1) is 85.9 Å². The summed E-state index contributed by atoms with van der Waals surface area (Å²) in [6, 6.07) is 19.8. The van der Waals surface area contributed by atoms with Gasteiger partial charge in [-0.1, -0.05) is 72.8 Å². The van der Waals surface area contributed by atoms with Gasteiger partial charge in [-0.15, -0.1) is 0 Å². The van der Waals surface area contributed by atoms with Gasteiger partial charge in [-0.3, -0.25) is 76.1 Å². The molecule has 1 saturated heterocycles. The number of halogens is 2. The second kappa shape index (κ2) is 38.3. The fourth-order valence-corrected chi connectivity index (χ4v) is 13.5. The Morgan fingerprint density at radius 2 is 1.33 bits per heavy atom. The largest absolute Gasteiger partial charge is 0.438 e. The van der Waals surface area contributed by atoms with Crippen molar-refractivity contribution in [1.82, 2.24) is 30.4 Å². The number of alkyl halides is 2. The number of allylic oxidation sites excluding steroid dienone is 1. The van der Waals surface area contributed by atoms with E-state index in [9.17, 15) is 52.5 Å². The van der Waals surface area contributed by atoms with Crippen LogP contribution in [-0.4, -0.2) is 160 Å². The number of primary amides is 1. The first kappa shape index (κ1) is 83.8. The van der Waals surface area contributed by atoms with Crippen LogP contribution < -0.4 is 37.6 Å². The Morgan fingerprint density at radius 1 is 0.729 bits per heavy atom. The zero-order valence-corrected chi connectivity index (χ0v) is 63.0. The van der Waals surface area contributed by atoms with Gasteiger partial charge < -0.3 is 54.8 Å². The number of carbonyl (C=O) groups excluding carboxylic acids is 9. The monoisotopic (exact) mass is 1510 g/mol. The molecule has 0 saturated carbocycles. The number of anilines is 1. The van der Waals surface area contributed by atoms with Crippen molar-refractivity contribution < 1.29 is 98.7 Å². The summed E-state index contributed by atoms with van der Waals surface area (Å²) in [7, 11) is -3.94. The Labute approximate surface area is 620 Å². The molecule has 5 atom stereocenters. The molecule has 7 amide bonds. The van der Waals surface area contributed by atoms with E-state index in [4.69, 9.17) is 47.9 Å². The van der Waals surface area contributed by atoms with E-state index in [2.05, 4.69) is 21.3 Å². The van der Waals surface area contributed by atoms with Crippen LogP contribution in [0.5, 0.6) is 0 Å². The Hall–Kier alpha value is -8.87. The number of amides is 7. The van der Waals surface area contributed by atoms with E-state index in [1.54, 1.807) is 14.0 Å². The summed E-state index contributed by atoms with van der Waals surface area (Å²) in [5, 5.41) is 11.0. The van der Waals surface area contributed by atoms with E-state index in [0.29, 0.717) is 75.6 Å². The fraction of sp³-hybridized carbons (Fsp3) is 0.526. The predicted molar refractivity (Wildman–Crippen MR) is 389 cm³/mol. The predicted octanol–water partition coefficient (Wildman–Crippen LogP) is 7.58. The number of benzene rings is 4. The van der Waals surface area contributed by atoms with Crippen LogP contribution in [0.3, 0.4) is 0 Å². The number of carbonyl (C=O) groups is 9. The Balaban J connectivity index is 0.722. The summed E-state index contributed by atoms with van der Waals surface area (Å²) >= 11 is 0. The molecule has 6 N–H and O–H groups in total. The topological polar surface area (TPSA) is 358 Å². The quantitative estimate of drug-likeness (QED) is 0.00629. The van der Waals surface area contributed by atoms with Crippen molar-refractivity contribution in [2.45, 2.75) is 169 Å². The molecule has 0 bridgehead atoms. The van der Waals surface area contributed by atoms with Crippen LogP contribution in [-0.2, 0) is 135 Å². The number of hydrogen-bond donors (Lipinski definition) is 5. The molecular weight excluding hydrogens is 1410 g/mol. The van der Waals surface area contributed by atoms with E-state index in [0.717, 1.165) is 52.8 Å². The van der Waals surface area contributed by atoms with Gasteiger partial charge in [0, 0.05) is 51.1 Å². The number of fused-ring (bicyclic) bond motifs is 1. The average Bonchev–Trinajstić information content (AvgIpc) is 1.65. The summed E-state index contributed by atoms with van der Waals surface area (Å²) in [6.07, 6.45) is 4.59. The van der Waals surface area contributed by atoms with Crippen molar-refractivity contribution in [1.29, 1.82) is 0 Å². The lowest BCUT2D eigenvalue weighted by molar-refractivity contribution is -0.163. The number of hydrogen-bond acceptors (Lipinski definition) is 20. The number of nitrogens with zero attached hydrogens (tertiary/aromatic N) is 3. The van der Waals surface area contributed by atoms with Crippen LogP contribution >= 0.6 is 7.60 Å². The SMILES string of the molecule is C/C(=C\C(=O)N[C@H]1CCc2cccc3c2N(C1=O)[C@H](C(=O)N[C@@H](CCC(N)=O)[C@@H](C)OCc1ccc(CCCNC(=O)COCCOCCOCCOCCCc2ccc4c(c2)n(C)c(=O)n4C2CCC(=O)NC2=O)cc1)C3)c1ccc(C(F)(F)P(=O)(OCOC(=O)C(C)(C)C)OCOC(=O)C(C)(C)C)cc1. The molecule has 5 aromatic rings. The van der Waals surface area contributed by atoms with E-state index < -0.39 is 115 Å². The number of nitrogens with two attached hydrogens (primary N) is 1. The third kappa shape index (κ3) is 23.1. The third-order valence-corrected chi connectivity index (χ3v) is 20.2. The third-order valence-electron chi connectivity index (χ3n) is 18.3. The second-order valence-electron chi connectivity index (χ2n) is 28.7. The van der Waals surface area contributed by atoms with Crippen LogP contribution in [0.15, 0.2) is 95.8 Å².